The summed E-state index contributed by atoms with van der Waals surface area (Å²) >= 11 is 5.87. The number of carbonyl (C=O) groups excluding carboxylic acids is 2. The fourth-order valence-electron chi connectivity index (χ4n) is 1.79. The number of nitrogens with two attached hydrogens (primary N) is 1. The number of ether oxygens (including phenoxy) is 1. The van der Waals surface area contributed by atoms with Crippen molar-refractivity contribution in [2.75, 3.05) is 0 Å². The third-order valence-electron chi connectivity index (χ3n) is 2.87. The third kappa shape index (κ3) is 5.84. The van der Waals surface area contributed by atoms with Crippen molar-refractivity contribution in [2.24, 2.45) is 5.73 Å². The molecule has 2 aromatic rings. The minimum absolute atomic E-state index is 0.318. The lowest BCUT2D eigenvalue weighted by atomic mass is 10.2. The van der Waals surface area contributed by atoms with E-state index in [4.69, 9.17) is 22.1 Å². The summed E-state index contributed by atoms with van der Waals surface area (Å²) in [7, 11) is 0. The molecule has 0 radical (unpaired) electrons. The molecule has 0 aliphatic heterocycles. The number of halogens is 1. The zero-order valence-electron chi connectivity index (χ0n) is 12.2. The normalized spacial score (nSPS) is 10.5. The molecule has 5 nitrogen and oxygen atoms in total. The summed E-state index contributed by atoms with van der Waals surface area (Å²) in [5.74, 6) is -0.0819. The number of hydrogen-bond acceptors (Lipinski definition) is 3. The molecular formula is C17H15ClN2O3. The van der Waals surface area contributed by atoms with Crippen molar-refractivity contribution in [1.29, 1.82) is 0 Å². The first kappa shape index (κ1) is 16.6. The molecule has 2 aromatic carbocycles. The maximum atomic E-state index is 11.8. The molecule has 0 heterocycles. The van der Waals surface area contributed by atoms with E-state index in [1.807, 2.05) is 6.07 Å². The number of primary amides is 1. The molecule has 0 bridgehead atoms. The van der Waals surface area contributed by atoms with Crippen LogP contribution in [-0.2, 0) is 11.3 Å². The maximum absolute atomic E-state index is 11.8. The van der Waals surface area contributed by atoms with E-state index < -0.39 is 12.0 Å². The van der Waals surface area contributed by atoms with Crippen molar-refractivity contribution < 1.29 is 14.3 Å². The Morgan fingerprint density at radius 2 is 1.91 bits per heavy atom. The number of benzene rings is 2. The highest BCUT2D eigenvalue weighted by molar-refractivity contribution is 6.30. The van der Waals surface area contributed by atoms with E-state index in [9.17, 15) is 9.59 Å². The average Bonchev–Trinajstić information content (AvgIpc) is 2.52. The van der Waals surface area contributed by atoms with E-state index in [1.165, 1.54) is 6.08 Å². The molecule has 23 heavy (non-hydrogen) atoms. The zero-order valence-corrected chi connectivity index (χ0v) is 12.9. The van der Waals surface area contributed by atoms with E-state index in [1.54, 1.807) is 48.5 Å². The lowest BCUT2D eigenvalue weighted by Gasteiger charge is -2.04. The number of esters is 1. The Morgan fingerprint density at radius 1 is 1.17 bits per heavy atom. The van der Waals surface area contributed by atoms with Crippen molar-refractivity contribution in [1.82, 2.24) is 5.32 Å². The quantitative estimate of drug-likeness (QED) is 0.502. The molecular weight excluding hydrogens is 316 g/mol. The van der Waals surface area contributed by atoms with Gasteiger partial charge in [-0.15, -0.1) is 0 Å². The predicted octanol–water partition coefficient (Wildman–Crippen LogP) is 3.13. The molecule has 0 atom stereocenters. The minimum atomic E-state index is -0.591. The Kier molecular flexibility index (Phi) is 5.77. The van der Waals surface area contributed by atoms with Gasteiger partial charge in [0.05, 0.1) is 0 Å². The van der Waals surface area contributed by atoms with Gasteiger partial charge in [0.15, 0.2) is 0 Å². The molecule has 0 saturated heterocycles. The average molecular weight is 331 g/mol. The van der Waals surface area contributed by atoms with Crippen LogP contribution in [0.2, 0.25) is 5.02 Å². The van der Waals surface area contributed by atoms with Gasteiger partial charge in [0.1, 0.15) is 5.75 Å². The predicted molar refractivity (Wildman–Crippen MR) is 89.0 cm³/mol. The molecule has 0 spiro atoms. The van der Waals surface area contributed by atoms with Gasteiger partial charge in [0.25, 0.3) is 0 Å². The van der Waals surface area contributed by atoms with Gasteiger partial charge >= 0.3 is 12.0 Å². The van der Waals surface area contributed by atoms with Crippen LogP contribution in [0, 0.1) is 0 Å². The van der Waals surface area contributed by atoms with Crippen LogP contribution in [0.25, 0.3) is 6.08 Å². The van der Waals surface area contributed by atoms with Crippen molar-refractivity contribution >= 4 is 29.7 Å². The van der Waals surface area contributed by atoms with Crippen LogP contribution in [0.4, 0.5) is 4.79 Å². The van der Waals surface area contributed by atoms with E-state index in [0.717, 1.165) is 11.1 Å². The van der Waals surface area contributed by atoms with Crippen LogP contribution in [0.15, 0.2) is 54.6 Å². The lowest BCUT2D eigenvalue weighted by molar-refractivity contribution is -0.128. The molecule has 0 aliphatic carbocycles. The smallest absolute Gasteiger partial charge is 0.336 e. The second kappa shape index (κ2) is 8.00. The monoisotopic (exact) mass is 330 g/mol. The molecule has 2 rings (SSSR count). The van der Waals surface area contributed by atoms with Gasteiger partial charge in [-0.2, -0.15) is 0 Å². The van der Waals surface area contributed by atoms with Crippen LogP contribution in [0.5, 0.6) is 5.75 Å². The Balaban J connectivity index is 1.91. The Morgan fingerprint density at radius 3 is 2.57 bits per heavy atom. The fourth-order valence-corrected chi connectivity index (χ4v) is 1.99. The highest BCUT2D eigenvalue weighted by atomic mass is 35.5. The fraction of sp³-hybridized carbons (Fsp3) is 0.0588. The van der Waals surface area contributed by atoms with Gasteiger partial charge in [-0.05, 0) is 41.5 Å². The zero-order chi connectivity index (χ0) is 16.7. The van der Waals surface area contributed by atoms with Crippen molar-refractivity contribution in [3.05, 3.63) is 70.8 Å². The first-order valence-corrected chi connectivity index (χ1v) is 7.18. The number of rotatable bonds is 5. The van der Waals surface area contributed by atoms with Gasteiger partial charge in [-0.25, -0.2) is 9.59 Å². The topological polar surface area (TPSA) is 81.4 Å². The number of amides is 2. The van der Waals surface area contributed by atoms with Gasteiger partial charge in [-0.1, -0.05) is 35.9 Å². The van der Waals surface area contributed by atoms with Crippen LogP contribution >= 0.6 is 11.6 Å². The third-order valence-corrected chi connectivity index (χ3v) is 3.10. The highest BCUT2D eigenvalue weighted by Gasteiger charge is 2.02. The van der Waals surface area contributed by atoms with E-state index in [2.05, 4.69) is 5.32 Å². The summed E-state index contributed by atoms with van der Waals surface area (Å²) in [6.45, 7) is 0.318. The minimum Gasteiger partial charge on any atom is -0.423 e. The number of carbonyl (C=O) groups is 2. The molecule has 0 aromatic heterocycles. The van der Waals surface area contributed by atoms with E-state index in [-0.39, 0.29) is 0 Å². The van der Waals surface area contributed by atoms with Crippen LogP contribution in [-0.4, -0.2) is 12.0 Å². The van der Waals surface area contributed by atoms with Crippen LogP contribution in [0.1, 0.15) is 11.1 Å². The molecule has 6 heteroatoms. The number of hydrogen-bond donors (Lipinski definition) is 2. The number of urea groups is 1. The molecule has 0 saturated carbocycles. The summed E-state index contributed by atoms with van der Waals surface area (Å²) < 4.78 is 5.18. The SMILES string of the molecule is NC(=O)NCc1ccc(OC(=O)/C=C/c2cccc(Cl)c2)cc1. The van der Waals surface area contributed by atoms with Crippen LogP contribution < -0.4 is 15.8 Å². The summed E-state index contributed by atoms with van der Waals surface area (Å²) in [5.41, 5.74) is 6.64. The summed E-state index contributed by atoms with van der Waals surface area (Å²) in [4.78, 5) is 22.4. The Labute approximate surface area is 138 Å². The van der Waals surface area contributed by atoms with Crippen molar-refractivity contribution in [2.45, 2.75) is 6.54 Å². The van der Waals surface area contributed by atoms with Gasteiger partial charge in [0.2, 0.25) is 0 Å². The van der Waals surface area contributed by atoms with Gasteiger partial charge < -0.3 is 15.8 Å². The maximum Gasteiger partial charge on any atom is 0.336 e. The Bertz CT molecular complexity index is 727. The first-order chi connectivity index (χ1) is 11.0. The van der Waals surface area contributed by atoms with Crippen LogP contribution in [0.3, 0.4) is 0 Å². The molecule has 0 unspecified atom stereocenters. The van der Waals surface area contributed by atoms with E-state index in [0.29, 0.717) is 17.3 Å². The molecule has 0 fully saturated rings. The molecule has 2 amide bonds. The van der Waals surface area contributed by atoms with Gasteiger partial charge in [-0.3, -0.25) is 0 Å². The summed E-state index contributed by atoms with van der Waals surface area (Å²) in [5, 5.41) is 3.07. The number of nitrogens with one attached hydrogen (secondary N) is 1. The Hall–Kier alpha value is -2.79. The molecule has 3 N–H and O–H groups in total. The first-order valence-electron chi connectivity index (χ1n) is 6.80. The molecule has 0 aliphatic rings. The lowest BCUT2D eigenvalue weighted by Crippen LogP contribution is -2.28. The standard InChI is InChI=1S/C17H15ClN2O3/c18-14-3-1-2-12(10-14)6-9-16(21)23-15-7-4-13(5-8-15)11-20-17(19)22/h1-10H,11H2,(H3,19,20,22)/b9-6+. The largest absolute Gasteiger partial charge is 0.423 e. The van der Waals surface area contributed by atoms with Crippen molar-refractivity contribution in [3.8, 4) is 5.75 Å². The second-order valence-corrected chi connectivity index (χ2v) is 5.11. The van der Waals surface area contributed by atoms with E-state index >= 15 is 0 Å². The summed E-state index contributed by atoms with van der Waals surface area (Å²) in [6, 6.07) is 13.3. The van der Waals surface area contributed by atoms with Gasteiger partial charge in [0, 0.05) is 17.6 Å². The molecule has 118 valence electrons. The van der Waals surface area contributed by atoms with Crippen molar-refractivity contribution in [3.63, 3.8) is 0 Å². The highest BCUT2D eigenvalue weighted by Crippen LogP contribution is 2.14. The second-order valence-electron chi connectivity index (χ2n) is 4.67. The summed E-state index contributed by atoms with van der Waals surface area (Å²) in [6.07, 6.45) is 2.95.